The molecule has 2 rings (SSSR count). The van der Waals surface area contributed by atoms with E-state index in [0.717, 1.165) is 0 Å². The average molecular weight is 301 g/mol. The molecule has 1 amide bonds. The molecular weight excluding hydrogens is 287 g/mol. The highest BCUT2D eigenvalue weighted by Crippen LogP contribution is 2.18. The third-order valence-electron chi connectivity index (χ3n) is 2.41. The monoisotopic (exact) mass is 300 g/mol. The van der Waals surface area contributed by atoms with Gasteiger partial charge in [0.25, 0.3) is 0 Å². The van der Waals surface area contributed by atoms with E-state index in [-0.39, 0.29) is 42.4 Å². The first-order valence-corrected chi connectivity index (χ1v) is 5.66. The number of rotatable bonds is 4. The Morgan fingerprint density at radius 2 is 2.30 bits per heavy atom. The van der Waals surface area contributed by atoms with Crippen molar-refractivity contribution >= 4 is 18.3 Å². The Kier molecular flexibility index (Phi) is 5.60. The van der Waals surface area contributed by atoms with E-state index in [1.807, 2.05) is 0 Å². The highest BCUT2D eigenvalue weighted by molar-refractivity contribution is 5.85. The van der Waals surface area contributed by atoms with Crippen molar-refractivity contribution in [1.82, 2.24) is 15.5 Å². The summed E-state index contributed by atoms with van der Waals surface area (Å²) in [6.07, 6.45) is 0. The second-order valence-electron chi connectivity index (χ2n) is 4.01. The van der Waals surface area contributed by atoms with Crippen molar-refractivity contribution in [3.05, 3.63) is 36.0 Å². The van der Waals surface area contributed by atoms with Gasteiger partial charge in [-0.1, -0.05) is 17.3 Å². The fraction of sp³-hybridized carbons (Fsp3) is 0.250. The molecule has 1 aromatic carbocycles. The van der Waals surface area contributed by atoms with Gasteiger partial charge >= 0.3 is 0 Å². The van der Waals surface area contributed by atoms with Gasteiger partial charge in [-0.15, -0.1) is 12.4 Å². The van der Waals surface area contributed by atoms with Crippen LogP contribution in [0.3, 0.4) is 0 Å². The maximum atomic E-state index is 13.1. The summed E-state index contributed by atoms with van der Waals surface area (Å²) >= 11 is 0. The number of nitrogens with one attached hydrogen (secondary N) is 1. The van der Waals surface area contributed by atoms with Crippen molar-refractivity contribution in [2.45, 2.75) is 13.0 Å². The zero-order valence-corrected chi connectivity index (χ0v) is 11.5. The minimum atomic E-state index is -0.598. The second kappa shape index (κ2) is 6.97. The smallest absolute Gasteiger partial charge is 0.245 e. The molecule has 0 aliphatic heterocycles. The van der Waals surface area contributed by atoms with E-state index in [2.05, 4.69) is 15.5 Å². The lowest BCUT2D eigenvalue weighted by Crippen LogP contribution is -2.30. The summed E-state index contributed by atoms with van der Waals surface area (Å²) in [7, 11) is 0. The molecule has 20 heavy (non-hydrogen) atoms. The lowest BCUT2D eigenvalue weighted by molar-refractivity contribution is -0.119. The summed E-state index contributed by atoms with van der Waals surface area (Å²) in [5.74, 6) is -0.132. The molecule has 0 spiro atoms. The summed E-state index contributed by atoms with van der Waals surface area (Å²) in [6.45, 7) is 1.58. The molecule has 8 heteroatoms. The Morgan fingerprint density at radius 3 is 2.95 bits per heavy atom. The topological polar surface area (TPSA) is 94.0 Å². The fourth-order valence-electron chi connectivity index (χ4n) is 1.47. The summed E-state index contributed by atoms with van der Waals surface area (Å²) in [6, 6.07) is 5.24. The molecule has 2 aromatic rings. The first-order valence-electron chi connectivity index (χ1n) is 5.66. The fourth-order valence-corrected chi connectivity index (χ4v) is 1.47. The molecule has 0 saturated heterocycles. The Balaban J connectivity index is 0.00000200. The third-order valence-corrected chi connectivity index (χ3v) is 2.41. The lowest BCUT2D eigenvalue weighted by Gasteiger charge is -2.06. The van der Waals surface area contributed by atoms with Gasteiger partial charge in [0.1, 0.15) is 11.9 Å². The second-order valence-corrected chi connectivity index (χ2v) is 4.01. The molecule has 0 saturated carbocycles. The van der Waals surface area contributed by atoms with Crippen molar-refractivity contribution in [3.63, 3.8) is 0 Å². The molecule has 0 bridgehead atoms. The van der Waals surface area contributed by atoms with Crippen LogP contribution in [0.4, 0.5) is 4.39 Å². The predicted octanol–water partition coefficient (Wildman–Crippen LogP) is 1.43. The van der Waals surface area contributed by atoms with Gasteiger partial charge in [-0.05, 0) is 12.1 Å². The van der Waals surface area contributed by atoms with Gasteiger partial charge < -0.3 is 15.6 Å². The molecule has 0 radical (unpaired) electrons. The predicted molar refractivity (Wildman–Crippen MR) is 72.6 cm³/mol. The number of hydrogen-bond donors (Lipinski definition) is 2. The molecule has 6 nitrogen and oxygen atoms in total. The minimum absolute atomic E-state index is 0. The standard InChI is InChI=1S/C12H13FN4O2.ClH/c1-7(18)15-6-10(14)12-16-11(17-19-12)8-3-2-4-9(13)5-8;/h2-5,10H,6,14H2,1H3,(H,15,18);1H. The van der Waals surface area contributed by atoms with Gasteiger partial charge in [-0.25, -0.2) is 4.39 Å². The van der Waals surface area contributed by atoms with Gasteiger partial charge in [0, 0.05) is 19.0 Å². The summed E-state index contributed by atoms with van der Waals surface area (Å²) < 4.78 is 18.1. The number of halogens is 2. The van der Waals surface area contributed by atoms with Gasteiger partial charge in [-0.3, -0.25) is 4.79 Å². The van der Waals surface area contributed by atoms with Gasteiger partial charge in [0.05, 0.1) is 0 Å². The van der Waals surface area contributed by atoms with E-state index in [1.54, 1.807) is 12.1 Å². The van der Waals surface area contributed by atoms with Crippen molar-refractivity contribution < 1.29 is 13.7 Å². The Hall–Kier alpha value is -1.99. The number of carbonyl (C=O) groups excluding carboxylic acids is 1. The van der Waals surface area contributed by atoms with Crippen molar-refractivity contribution in [2.75, 3.05) is 6.54 Å². The van der Waals surface area contributed by atoms with Crippen molar-refractivity contribution in [2.24, 2.45) is 5.73 Å². The summed E-state index contributed by atoms with van der Waals surface area (Å²) in [4.78, 5) is 14.8. The summed E-state index contributed by atoms with van der Waals surface area (Å²) in [5.41, 5.74) is 6.28. The molecule has 1 unspecified atom stereocenters. The SMILES string of the molecule is CC(=O)NCC(N)c1nc(-c2cccc(F)c2)no1.Cl. The van der Waals surface area contributed by atoms with Crippen molar-refractivity contribution in [1.29, 1.82) is 0 Å². The lowest BCUT2D eigenvalue weighted by atomic mass is 10.2. The number of nitrogens with two attached hydrogens (primary N) is 1. The highest BCUT2D eigenvalue weighted by atomic mass is 35.5. The largest absolute Gasteiger partial charge is 0.354 e. The van der Waals surface area contributed by atoms with E-state index < -0.39 is 6.04 Å². The number of amides is 1. The van der Waals surface area contributed by atoms with E-state index in [9.17, 15) is 9.18 Å². The Bertz CT molecular complexity index is 590. The zero-order chi connectivity index (χ0) is 13.8. The molecule has 1 aromatic heterocycles. The first-order chi connectivity index (χ1) is 9.06. The van der Waals surface area contributed by atoms with Crippen LogP contribution in [0.25, 0.3) is 11.4 Å². The van der Waals surface area contributed by atoms with E-state index in [4.69, 9.17) is 10.3 Å². The molecule has 0 fully saturated rings. The minimum Gasteiger partial charge on any atom is -0.354 e. The van der Waals surface area contributed by atoms with E-state index in [0.29, 0.717) is 5.56 Å². The van der Waals surface area contributed by atoms with Gasteiger partial charge in [-0.2, -0.15) is 4.98 Å². The van der Waals surface area contributed by atoms with Crippen LogP contribution < -0.4 is 11.1 Å². The number of nitrogens with zero attached hydrogens (tertiary/aromatic N) is 2. The van der Waals surface area contributed by atoms with Crippen LogP contribution in [0.15, 0.2) is 28.8 Å². The number of benzene rings is 1. The molecule has 1 heterocycles. The number of aromatic nitrogens is 2. The van der Waals surface area contributed by atoms with E-state index in [1.165, 1.54) is 19.1 Å². The van der Waals surface area contributed by atoms with E-state index >= 15 is 0 Å². The zero-order valence-electron chi connectivity index (χ0n) is 10.7. The van der Waals surface area contributed by atoms with Crippen LogP contribution >= 0.6 is 12.4 Å². The van der Waals surface area contributed by atoms with Crippen LogP contribution in [0, 0.1) is 5.82 Å². The van der Waals surface area contributed by atoms with Crippen LogP contribution in [-0.2, 0) is 4.79 Å². The van der Waals surface area contributed by atoms with Crippen LogP contribution in [-0.4, -0.2) is 22.6 Å². The third kappa shape index (κ3) is 4.01. The molecule has 0 aliphatic carbocycles. The molecule has 0 aliphatic rings. The van der Waals surface area contributed by atoms with Crippen molar-refractivity contribution in [3.8, 4) is 11.4 Å². The maximum Gasteiger partial charge on any atom is 0.245 e. The highest BCUT2D eigenvalue weighted by Gasteiger charge is 2.16. The Morgan fingerprint density at radius 1 is 1.55 bits per heavy atom. The van der Waals surface area contributed by atoms with Crippen LogP contribution in [0.1, 0.15) is 18.9 Å². The quantitative estimate of drug-likeness (QED) is 0.891. The molecule has 108 valence electrons. The summed E-state index contributed by atoms with van der Waals surface area (Å²) in [5, 5.41) is 6.28. The number of hydrogen-bond acceptors (Lipinski definition) is 5. The first kappa shape index (κ1) is 16.1. The molecule has 3 N–H and O–H groups in total. The maximum absolute atomic E-state index is 13.1. The number of carbonyl (C=O) groups is 1. The molecule has 1 atom stereocenters. The Labute approximate surface area is 121 Å². The average Bonchev–Trinajstić information content (AvgIpc) is 2.85. The van der Waals surface area contributed by atoms with Gasteiger partial charge in [0.15, 0.2) is 0 Å². The van der Waals surface area contributed by atoms with Crippen LogP contribution in [0.2, 0.25) is 0 Å². The molecular formula is C12H14ClFN4O2. The van der Waals surface area contributed by atoms with Crippen LogP contribution in [0.5, 0.6) is 0 Å². The van der Waals surface area contributed by atoms with Gasteiger partial charge in [0.2, 0.25) is 17.6 Å². The normalized spacial score (nSPS) is 11.6.